The highest BCUT2D eigenvalue weighted by molar-refractivity contribution is 5.85. The predicted molar refractivity (Wildman–Crippen MR) is 139 cm³/mol. The number of alkyl halides is 1. The number of aliphatic hydroxyl groups excluding tert-OH is 1. The molecule has 0 radical (unpaired) electrons. The van der Waals surface area contributed by atoms with Gasteiger partial charge in [-0.05, 0) is 86.8 Å². The third-order valence-electron chi connectivity index (χ3n) is 8.65. The summed E-state index contributed by atoms with van der Waals surface area (Å²) in [6, 6.07) is 5.39. The first-order valence-corrected chi connectivity index (χ1v) is 13.6. The molecule has 0 unspecified atom stereocenters. The fourth-order valence-electron chi connectivity index (χ4n) is 6.38. The van der Waals surface area contributed by atoms with E-state index in [1.165, 1.54) is 44.7 Å². The maximum atomic E-state index is 13.9. The molecule has 198 valence electrons. The van der Waals surface area contributed by atoms with Crippen LogP contribution in [0, 0.1) is 11.3 Å². The minimum Gasteiger partial charge on any atom is -0.497 e. The standard InChI is InChI=1S/C29H41FN2O4/c1-36-23-7-8-25-24(17-23)28(22(19-30)20-31-25)26(33)9-11-29(18-27(34)35)12-15-32(16-13-29)14-10-21-5-3-2-4-6-21/h7-8,17,20-21,26,33H,2-6,9-16,18-19H2,1H3,(H,34,35)/t26-/m0/s1. The van der Waals surface area contributed by atoms with Crippen molar-refractivity contribution in [2.75, 3.05) is 26.7 Å². The number of hydrogen-bond donors (Lipinski definition) is 2. The van der Waals surface area contributed by atoms with Crippen LogP contribution >= 0.6 is 0 Å². The Morgan fingerprint density at radius 2 is 2.00 bits per heavy atom. The number of likely N-dealkylation sites (tertiary alicyclic amines) is 1. The molecule has 2 heterocycles. The lowest BCUT2D eigenvalue weighted by Crippen LogP contribution is -2.42. The summed E-state index contributed by atoms with van der Waals surface area (Å²) in [6.45, 7) is 2.19. The largest absolute Gasteiger partial charge is 0.497 e. The second-order valence-electron chi connectivity index (χ2n) is 11.0. The Morgan fingerprint density at radius 1 is 1.25 bits per heavy atom. The molecule has 4 rings (SSSR count). The second-order valence-corrected chi connectivity index (χ2v) is 11.0. The third-order valence-corrected chi connectivity index (χ3v) is 8.65. The van der Waals surface area contributed by atoms with E-state index in [1.54, 1.807) is 25.3 Å². The van der Waals surface area contributed by atoms with Crippen LogP contribution in [0.3, 0.4) is 0 Å². The summed E-state index contributed by atoms with van der Waals surface area (Å²) in [5.41, 5.74) is 1.24. The van der Waals surface area contributed by atoms with E-state index in [9.17, 15) is 19.4 Å². The Kier molecular flexibility index (Phi) is 9.18. The predicted octanol–water partition coefficient (Wildman–Crippen LogP) is 6.05. The summed E-state index contributed by atoms with van der Waals surface area (Å²) in [4.78, 5) is 18.6. The van der Waals surface area contributed by atoms with Crippen molar-refractivity contribution in [3.63, 3.8) is 0 Å². The molecule has 7 heteroatoms. The zero-order chi connectivity index (χ0) is 25.5. The molecule has 2 aliphatic rings. The molecule has 0 amide bonds. The smallest absolute Gasteiger partial charge is 0.303 e. The van der Waals surface area contributed by atoms with Crippen molar-refractivity contribution < 1.29 is 24.1 Å². The summed E-state index contributed by atoms with van der Waals surface area (Å²) < 4.78 is 19.2. The first-order valence-electron chi connectivity index (χ1n) is 13.6. The minimum absolute atomic E-state index is 0.108. The summed E-state index contributed by atoms with van der Waals surface area (Å²) >= 11 is 0. The number of halogens is 1. The average molecular weight is 501 g/mol. The summed E-state index contributed by atoms with van der Waals surface area (Å²) in [6.07, 6.45) is 11.4. The maximum absolute atomic E-state index is 13.9. The molecule has 1 saturated heterocycles. The van der Waals surface area contributed by atoms with Crippen LogP contribution in [0.1, 0.15) is 87.9 Å². The molecular formula is C29H41FN2O4. The molecule has 1 aromatic carbocycles. The van der Waals surface area contributed by atoms with Crippen molar-refractivity contribution in [3.8, 4) is 5.75 Å². The molecule has 2 aromatic rings. The number of nitrogens with zero attached hydrogens (tertiary/aromatic N) is 2. The van der Waals surface area contributed by atoms with E-state index in [1.807, 2.05) is 0 Å². The number of carboxylic acids is 1. The van der Waals surface area contributed by atoms with Gasteiger partial charge < -0.3 is 19.8 Å². The van der Waals surface area contributed by atoms with Gasteiger partial charge in [-0.15, -0.1) is 0 Å². The number of aliphatic hydroxyl groups is 1. The van der Waals surface area contributed by atoms with Crippen LogP contribution in [0.5, 0.6) is 5.75 Å². The van der Waals surface area contributed by atoms with Crippen LogP contribution in [0.4, 0.5) is 4.39 Å². The highest BCUT2D eigenvalue weighted by atomic mass is 19.1. The number of benzene rings is 1. The lowest BCUT2D eigenvalue weighted by atomic mass is 9.71. The van der Waals surface area contributed by atoms with Crippen LogP contribution in [0.2, 0.25) is 0 Å². The van der Waals surface area contributed by atoms with Gasteiger partial charge in [-0.2, -0.15) is 0 Å². The molecule has 0 bridgehead atoms. The maximum Gasteiger partial charge on any atom is 0.303 e. The van der Waals surface area contributed by atoms with Crippen molar-refractivity contribution in [3.05, 3.63) is 35.5 Å². The Hall–Kier alpha value is -2.25. The zero-order valence-corrected chi connectivity index (χ0v) is 21.6. The van der Waals surface area contributed by atoms with Crippen molar-refractivity contribution in [2.24, 2.45) is 11.3 Å². The van der Waals surface area contributed by atoms with Gasteiger partial charge in [-0.3, -0.25) is 9.78 Å². The topological polar surface area (TPSA) is 82.9 Å². The van der Waals surface area contributed by atoms with Crippen molar-refractivity contribution in [1.82, 2.24) is 9.88 Å². The number of methoxy groups -OCH3 is 1. The van der Waals surface area contributed by atoms with Crippen molar-refractivity contribution >= 4 is 16.9 Å². The molecule has 2 fully saturated rings. The molecule has 6 nitrogen and oxygen atoms in total. The Morgan fingerprint density at radius 3 is 2.67 bits per heavy atom. The summed E-state index contributed by atoms with van der Waals surface area (Å²) in [7, 11) is 1.57. The summed E-state index contributed by atoms with van der Waals surface area (Å²) in [5, 5.41) is 21.6. The first-order chi connectivity index (χ1) is 17.4. The van der Waals surface area contributed by atoms with E-state index in [2.05, 4.69) is 9.88 Å². The van der Waals surface area contributed by atoms with E-state index in [0.717, 1.165) is 38.4 Å². The average Bonchev–Trinajstić information content (AvgIpc) is 2.90. The zero-order valence-electron chi connectivity index (χ0n) is 21.6. The molecule has 1 aromatic heterocycles. The highest BCUT2D eigenvalue weighted by Crippen LogP contribution is 2.43. The first kappa shape index (κ1) is 26.8. The third kappa shape index (κ3) is 6.54. The number of carboxylic acid groups (broad SMARTS) is 1. The van der Waals surface area contributed by atoms with Crippen LogP contribution in [-0.4, -0.2) is 52.8 Å². The van der Waals surface area contributed by atoms with Gasteiger partial charge in [0.2, 0.25) is 0 Å². The number of pyridine rings is 1. The van der Waals surface area contributed by atoms with Crippen LogP contribution in [0.15, 0.2) is 24.4 Å². The van der Waals surface area contributed by atoms with Crippen molar-refractivity contribution in [2.45, 2.75) is 83.4 Å². The molecule has 1 aliphatic heterocycles. The van der Waals surface area contributed by atoms with E-state index >= 15 is 0 Å². The number of ether oxygens (including phenoxy) is 1. The van der Waals surface area contributed by atoms with E-state index in [4.69, 9.17) is 4.74 Å². The van der Waals surface area contributed by atoms with Crippen LogP contribution in [-0.2, 0) is 11.5 Å². The lowest BCUT2D eigenvalue weighted by molar-refractivity contribution is -0.141. The summed E-state index contributed by atoms with van der Waals surface area (Å²) in [5.74, 6) is 0.679. The van der Waals surface area contributed by atoms with Crippen LogP contribution < -0.4 is 4.74 Å². The number of aliphatic carboxylic acids is 1. The number of rotatable bonds is 11. The normalized spacial score (nSPS) is 19.9. The number of fused-ring (bicyclic) bond motifs is 1. The number of aromatic nitrogens is 1. The molecule has 1 atom stereocenters. The molecule has 36 heavy (non-hydrogen) atoms. The quantitative estimate of drug-likeness (QED) is 0.391. The SMILES string of the molecule is COc1ccc2ncc(CF)c([C@@H](O)CCC3(CC(=O)O)CCN(CCC4CCCCC4)CC3)c2c1. The van der Waals surface area contributed by atoms with Crippen LogP contribution in [0.25, 0.3) is 10.9 Å². The fourth-order valence-corrected chi connectivity index (χ4v) is 6.38. The second kappa shape index (κ2) is 12.3. The monoisotopic (exact) mass is 500 g/mol. The van der Waals surface area contributed by atoms with Gasteiger partial charge in [0.15, 0.2) is 0 Å². The number of piperidine rings is 1. The fraction of sp³-hybridized carbons (Fsp3) is 0.655. The van der Waals surface area contributed by atoms with Gasteiger partial charge in [0.05, 0.1) is 25.2 Å². The van der Waals surface area contributed by atoms with Gasteiger partial charge >= 0.3 is 5.97 Å². The van der Waals surface area contributed by atoms with E-state index < -0.39 is 18.7 Å². The van der Waals surface area contributed by atoms with Crippen molar-refractivity contribution in [1.29, 1.82) is 0 Å². The van der Waals surface area contributed by atoms with Gasteiger partial charge in [-0.1, -0.05) is 32.1 Å². The van der Waals surface area contributed by atoms with Gasteiger partial charge in [0.25, 0.3) is 0 Å². The molecule has 2 N–H and O–H groups in total. The highest BCUT2D eigenvalue weighted by Gasteiger charge is 2.37. The Bertz CT molecular complexity index is 1010. The van der Waals surface area contributed by atoms with Gasteiger partial charge in [0.1, 0.15) is 12.4 Å². The molecule has 1 saturated carbocycles. The molecule has 1 aliphatic carbocycles. The number of carbonyl (C=O) groups is 1. The lowest BCUT2D eigenvalue weighted by Gasteiger charge is -2.42. The molecule has 0 spiro atoms. The van der Waals surface area contributed by atoms with E-state index in [0.29, 0.717) is 40.6 Å². The van der Waals surface area contributed by atoms with Gasteiger partial charge in [0, 0.05) is 17.1 Å². The molecular weight excluding hydrogens is 459 g/mol. The Balaban J connectivity index is 1.43. The Labute approximate surface area is 213 Å². The minimum atomic E-state index is -0.900. The van der Waals surface area contributed by atoms with Gasteiger partial charge in [-0.25, -0.2) is 4.39 Å². The number of hydrogen-bond acceptors (Lipinski definition) is 5. The van der Waals surface area contributed by atoms with E-state index in [-0.39, 0.29) is 11.8 Å².